The van der Waals surface area contributed by atoms with Crippen molar-refractivity contribution in [3.05, 3.63) is 0 Å². The SMILES string of the molecule is N=C(N)NCC[C@H](O)C(=O)N[C@@H]1CC(N)[C@@H](O[C@H]2OC(CN)[C@@H](O)CC2N)[C@H](F)C1OC1O[C@H](CO)C(O)[C@@H](NC(=N)N)[C@H]1O. The number of rotatable bonds is 12. The number of nitrogens with two attached hydrogens (primary N) is 5. The Kier molecular flexibility index (Phi) is 13.4. The average Bonchev–Trinajstić information content (AvgIpc) is 2.96. The smallest absolute Gasteiger partial charge is 0.249 e. The molecule has 3 rings (SSSR count). The molecule has 0 aromatic heterocycles. The van der Waals surface area contributed by atoms with Crippen molar-refractivity contribution in [2.24, 2.45) is 28.7 Å². The van der Waals surface area contributed by atoms with E-state index >= 15 is 4.39 Å². The molecule has 0 aromatic rings. The molecule has 20 nitrogen and oxygen atoms in total. The van der Waals surface area contributed by atoms with Gasteiger partial charge in [-0.15, -0.1) is 0 Å². The zero-order valence-corrected chi connectivity index (χ0v) is 24.4. The Morgan fingerprint density at radius 2 is 1.60 bits per heavy atom. The molecule has 3 aliphatic rings. The van der Waals surface area contributed by atoms with Gasteiger partial charge in [-0.3, -0.25) is 15.6 Å². The highest BCUT2D eigenvalue weighted by Gasteiger charge is 2.53. The van der Waals surface area contributed by atoms with Crippen LogP contribution in [0.3, 0.4) is 0 Å². The van der Waals surface area contributed by atoms with E-state index in [1.807, 2.05) is 0 Å². The number of guanidine groups is 2. The van der Waals surface area contributed by atoms with E-state index in [4.69, 9.17) is 58.4 Å². The molecule has 21 heteroatoms. The van der Waals surface area contributed by atoms with Crippen LogP contribution in [0.2, 0.25) is 0 Å². The molecule has 0 radical (unpaired) electrons. The van der Waals surface area contributed by atoms with Gasteiger partial charge in [-0.05, 0) is 19.3 Å². The number of amides is 1. The van der Waals surface area contributed by atoms with Gasteiger partial charge in [-0.2, -0.15) is 0 Å². The summed E-state index contributed by atoms with van der Waals surface area (Å²) >= 11 is 0. The molecule has 0 spiro atoms. The van der Waals surface area contributed by atoms with Crippen LogP contribution in [0.4, 0.5) is 4.39 Å². The molecule has 2 aliphatic heterocycles. The summed E-state index contributed by atoms with van der Waals surface area (Å²) in [6.45, 7) is -0.846. The molecule has 3 fully saturated rings. The summed E-state index contributed by atoms with van der Waals surface area (Å²) in [6.07, 6.45) is -16.7. The number of aliphatic hydroxyl groups excluding tert-OH is 5. The lowest BCUT2D eigenvalue weighted by atomic mass is 9.84. The molecule has 1 amide bonds. The molecular formula is C24H47FN10O10. The summed E-state index contributed by atoms with van der Waals surface area (Å²) in [6, 6.07) is -4.61. The van der Waals surface area contributed by atoms with Crippen LogP contribution >= 0.6 is 0 Å². The molecule has 0 aromatic carbocycles. The van der Waals surface area contributed by atoms with E-state index in [0.717, 1.165) is 0 Å². The standard InChI is InChI=1S/C24H47FN10O10/c25-14-18(44-21-8(28)4-11(38)12(5-26)42-21)7(27)3-9(34-20(41)10(37)1-2-33-23(29)30)19(14)45-22-17(40)15(35-24(31)32)16(39)13(6-36)43-22/h7-19,21-22,36-40H,1-6,26-28H2,(H,34,41)(H4,29,30,33)(H4,31,32,35)/t7?,8?,9-,10+,11+,12?,13-,14+,15-,16?,17-,18-,19?,21-,22?/m1/s1. The van der Waals surface area contributed by atoms with Gasteiger partial charge < -0.3 is 89.1 Å². The van der Waals surface area contributed by atoms with Crippen LogP contribution in [0.15, 0.2) is 0 Å². The summed E-state index contributed by atoms with van der Waals surface area (Å²) in [4.78, 5) is 12.9. The van der Waals surface area contributed by atoms with Crippen molar-refractivity contribution in [1.29, 1.82) is 10.8 Å². The van der Waals surface area contributed by atoms with Crippen LogP contribution in [0.1, 0.15) is 19.3 Å². The summed E-state index contributed by atoms with van der Waals surface area (Å²) in [5, 5.41) is 73.7. The molecule has 2 heterocycles. The molecule has 0 bridgehead atoms. The zero-order valence-electron chi connectivity index (χ0n) is 24.4. The molecule has 20 N–H and O–H groups in total. The molecule has 1 saturated carbocycles. The second-order valence-electron chi connectivity index (χ2n) is 11.3. The van der Waals surface area contributed by atoms with E-state index in [1.54, 1.807) is 0 Å². The van der Waals surface area contributed by atoms with Crippen molar-refractivity contribution < 1.29 is 53.7 Å². The Hall–Kier alpha value is -2.54. The lowest BCUT2D eigenvalue weighted by Crippen LogP contribution is -2.69. The fourth-order valence-electron chi connectivity index (χ4n) is 5.56. The van der Waals surface area contributed by atoms with Crippen molar-refractivity contribution in [2.45, 2.75) is 111 Å². The number of alkyl halides is 1. The maximum Gasteiger partial charge on any atom is 0.249 e. The maximum atomic E-state index is 16.5. The Balaban J connectivity index is 1.85. The second-order valence-corrected chi connectivity index (χ2v) is 11.3. The fraction of sp³-hybridized carbons (Fsp3) is 0.875. The monoisotopic (exact) mass is 654 g/mol. The van der Waals surface area contributed by atoms with Crippen molar-refractivity contribution in [2.75, 3.05) is 19.7 Å². The van der Waals surface area contributed by atoms with E-state index < -0.39 is 110 Å². The van der Waals surface area contributed by atoms with Gasteiger partial charge in [0.15, 0.2) is 30.7 Å². The van der Waals surface area contributed by atoms with Crippen LogP contribution in [0.5, 0.6) is 0 Å². The number of nitrogens with one attached hydrogen (secondary N) is 5. The Morgan fingerprint density at radius 3 is 2.20 bits per heavy atom. The quantitative estimate of drug-likeness (QED) is 0.0686. The Morgan fingerprint density at radius 1 is 0.956 bits per heavy atom. The summed E-state index contributed by atoms with van der Waals surface area (Å²) in [7, 11) is 0. The number of aliphatic hydroxyl groups is 5. The second kappa shape index (κ2) is 16.3. The van der Waals surface area contributed by atoms with Gasteiger partial charge in [0.05, 0.1) is 36.9 Å². The minimum absolute atomic E-state index is 0.0205. The predicted octanol–water partition coefficient (Wildman–Crippen LogP) is -7.40. The minimum atomic E-state index is -2.16. The molecule has 45 heavy (non-hydrogen) atoms. The molecule has 2 saturated heterocycles. The first-order valence-electron chi connectivity index (χ1n) is 14.5. The van der Waals surface area contributed by atoms with Crippen molar-refractivity contribution in [1.82, 2.24) is 16.0 Å². The van der Waals surface area contributed by atoms with Crippen LogP contribution in [-0.4, -0.2) is 155 Å². The van der Waals surface area contributed by atoms with Crippen LogP contribution < -0.4 is 44.6 Å². The third-order valence-corrected chi connectivity index (χ3v) is 7.96. The van der Waals surface area contributed by atoms with Gasteiger partial charge in [-0.1, -0.05) is 0 Å². The number of hydrogen-bond donors (Lipinski definition) is 15. The number of ether oxygens (including phenoxy) is 4. The number of halogens is 1. The first kappa shape index (κ1) is 36.9. The number of carbonyl (C=O) groups excluding carboxylic acids is 1. The van der Waals surface area contributed by atoms with E-state index in [9.17, 15) is 30.3 Å². The normalized spacial score (nSPS) is 41.1. The van der Waals surface area contributed by atoms with E-state index in [2.05, 4.69) is 16.0 Å². The summed E-state index contributed by atoms with van der Waals surface area (Å²) in [5.41, 5.74) is 28.6. The molecule has 1 aliphatic carbocycles. The predicted molar refractivity (Wildman–Crippen MR) is 153 cm³/mol. The van der Waals surface area contributed by atoms with Gasteiger partial charge in [0.1, 0.15) is 36.6 Å². The molecule has 15 atom stereocenters. The van der Waals surface area contributed by atoms with E-state index in [1.165, 1.54) is 0 Å². The van der Waals surface area contributed by atoms with Gasteiger partial charge >= 0.3 is 0 Å². The van der Waals surface area contributed by atoms with Crippen molar-refractivity contribution in [3.63, 3.8) is 0 Å². The van der Waals surface area contributed by atoms with Gasteiger partial charge in [0.25, 0.3) is 0 Å². The summed E-state index contributed by atoms with van der Waals surface area (Å²) < 4.78 is 39.4. The highest BCUT2D eigenvalue weighted by atomic mass is 19.1. The number of carbonyl (C=O) groups is 1. The van der Waals surface area contributed by atoms with Crippen LogP contribution in [0, 0.1) is 10.8 Å². The fourth-order valence-corrected chi connectivity index (χ4v) is 5.56. The van der Waals surface area contributed by atoms with Gasteiger partial charge in [0.2, 0.25) is 5.91 Å². The topological polar surface area (TPSA) is 369 Å². The van der Waals surface area contributed by atoms with Crippen LogP contribution in [0.25, 0.3) is 0 Å². The van der Waals surface area contributed by atoms with Gasteiger partial charge in [-0.25, -0.2) is 4.39 Å². The van der Waals surface area contributed by atoms with Crippen LogP contribution in [-0.2, 0) is 23.7 Å². The first-order valence-corrected chi connectivity index (χ1v) is 14.5. The largest absolute Gasteiger partial charge is 0.394 e. The van der Waals surface area contributed by atoms with Crippen molar-refractivity contribution in [3.8, 4) is 0 Å². The van der Waals surface area contributed by atoms with E-state index in [0.29, 0.717) is 0 Å². The maximum absolute atomic E-state index is 16.5. The summed E-state index contributed by atoms with van der Waals surface area (Å²) in [5.74, 6) is -1.93. The average molecular weight is 655 g/mol. The van der Waals surface area contributed by atoms with Crippen molar-refractivity contribution >= 4 is 17.8 Å². The zero-order chi connectivity index (χ0) is 33.6. The number of hydrogen-bond acceptors (Lipinski definition) is 15. The molecular weight excluding hydrogens is 607 g/mol. The molecule has 6 unspecified atom stereocenters. The highest BCUT2D eigenvalue weighted by molar-refractivity contribution is 5.81. The Labute approximate surface area is 258 Å². The van der Waals surface area contributed by atoms with E-state index in [-0.39, 0.29) is 38.3 Å². The lowest BCUT2D eigenvalue weighted by Gasteiger charge is -2.48. The Bertz CT molecular complexity index is 1010. The third-order valence-electron chi connectivity index (χ3n) is 7.96. The minimum Gasteiger partial charge on any atom is -0.394 e. The third kappa shape index (κ3) is 9.27. The van der Waals surface area contributed by atoms with Gasteiger partial charge in [0, 0.05) is 19.1 Å². The lowest BCUT2D eigenvalue weighted by molar-refractivity contribution is -0.311. The highest BCUT2D eigenvalue weighted by Crippen LogP contribution is 2.33. The molecule has 260 valence electrons. The first-order chi connectivity index (χ1) is 21.2.